The van der Waals surface area contributed by atoms with Crippen LogP contribution in [0.25, 0.3) is 0 Å². The SMILES string of the molecule is CN=C(NC1CC1)NC1CC1c1c(F)cccc1F.I. The number of hydrogen-bond acceptors (Lipinski definition) is 1. The van der Waals surface area contributed by atoms with E-state index in [0.29, 0.717) is 6.04 Å². The summed E-state index contributed by atoms with van der Waals surface area (Å²) < 4.78 is 27.3. The van der Waals surface area contributed by atoms with Gasteiger partial charge in [0.25, 0.3) is 0 Å². The van der Waals surface area contributed by atoms with Crippen molar-refractivity contribution in [2.45, 2.75) is 37.3 Å². The van der Waals surface area contributed by atoms with Gasteiger partial charge in [0.2, 0.25) is 0 Å². The van der Waals surface area contributed by atoms with Gasteiger partial charge in [0.05, 0.1) is 0 Å². The fourth-order valence-corrected chi connectivity index (χ4v) is 2.31. The van der Waals surface area contributed by atoms with Gasteiger partial charge in [0.1, 0.15) is 11.6 Å². The highest BCUT2D eigenvalue weighted by atomic mass is 127. The van der Waals surface area contributed by atoms with E-state index in [1.54, 1.807) is 7.05 Å². The minimum atomic E-state index is -0.459. The number of rotatable bonds is 3. The lowest BCUT2D eigenvalue weighted by Crippen LogP contribution is -2.40. The highest BCUT2D eigenvalue weighted by Crippen LogP contribution is 2.43. The monoisotopic (exact) mass is 393 g/mol. The third kappa shape index (κ3) is 3.39. The van der Waals surface area contributed by atoms with Gasteiger partial charge in [0.15, 0.2) is 5.96 Å². The van der Waals surface area contributed by atoms with Crippen LogP contribution in [0.4, 0.5) is 8.78 Å². The molecule has 0 bridgehead atoms. The Balaban J connectivity index is 0.00000147. The van der Waals surface area contributed by atoms with E-state index in [1.165, 1.54) is 18.2 Å². The summed E-state index contributed by atoms with van der Waals surface area (Å²) in [7, 11) is 1.71. The largest absolute Gasteiger partial charge is 0.354 e. The number of hydrogen-bond donors (Lipinski definition) is 2. The van der Waals surface area contributed by atoms with Crippen molar-refractivity contribution < 1.29 is 8.78 Å². The number of halogens is 3. The minimum absolute atomic E-state index is 0. The molecule has 2 aliphatic rings. The summed E-state index contributed by atoms with van der Waals surface area (Å²) in [4.78, 5) is 4.13. The molecule has 2 fully saturated rings. The molecule has 1 aromatic carbocycles. The molecule has 20 heavy (non-hydrogen) atoms. The van der Waals surface area contributed by atoms with Crippen LogP contribution in [0.2, 0.25) is 0 Å². The van der Waals surface area contributed by atoms with Crippen LogP contribution >= 0.6 is 24.0 Å². The van der Waals surface area contributed by atoms with Crippen molar-refractivity contribution in [2.24, 2.45) is 4.99 Å². The van der Waals surface area contributed by atoms with Crippen molar-refractivity contribution in [2.75, 3.05) is 7.05 Å². The maximum absolute atomic E-state index is 13.6. The van der Waals surface area contributed by atoms with Crippen molar-refractivity contribution in [3.63, 3.8) is 0 Å². The zero-order valence-electron chi connectivity index (χ0n) is 11.2. The predicted octanol–water partition coefficient (Wildman–Crippen LogP) is 2.77. The molecule has 0 saturated heterocycles. The van der Waals surface area contributed by atoms with Crippen LogP contribution in [0.1, 0.15) is 30.7 Å². The molecular formula is C14H18F2IN3. The second-order valence-electron chi connectivity index (χ2n) is 5.22. The van der Waals surface area contributed by atoms with E-state index in [-0.39, 0.29) is 41.5 Å². The summed E-state index contributed by atoms with van der Waals surface area (Å²) in [6, 6.07) is 4.59. The first-order valence-corrected chi connectivity index (χ1v) is 6.63. The number of guanidine groups is 1. The standard InChI is InChI=1S/C14H17F2N3.HI/c1-17-14(18-8-5-6-8)19-12-7-9(12)13-10(15)3-2-4-11(13)16;/h2-4,8-9,12H,5-7H2,1H3,(H2,17,18,19);1H. The van der Waals surface area contributed by atoms with Crippen molar-refractivity contribution in [1.29, 1.82) is 0 Å². The molecule has 0 aliphatic heterocycles. The van der Waals surface area contributed by atoms with Crippen LogP contribution in [-0.2, 0) is 0 Å². The molecule has 2 unspecified atom stereocenters. The summed E-state index contributed by atoms with van der Waals surface area (Å²) in [5.74, 6) is -0.287. The molecule has 2 atom stereocenters. The number of aliphatic imine (C=N–C) groups is 1. The van der Waals surface area contributed by atoms with E-state index >= 15 is 0 Å². The average molecular weight is 393 g/mol. The second kappa shape index (κ2) is 6.24. The Kier molecular flexibility index (Phi) is 4.82. The quantitative estimate of drug-likeness (QED) is 0.471. The molecule has 3 nitrogen and oxygen atoms in total. The van der Waals surface area contributed by atoms with E-state index in [4.69, 9.17) is 0 Å². The Bertz CT molecular complexity index is 497. The third-order valence-electron chi connectivity index (χ3n) is 3.62. The topological polar surface area (TPSA) is 36.4 Å². The van der Waals surface area contributed by atoms with Crippen molar-refractivity contribution in [1.82, 2.24) is 10.6 Å². The van der Waals surface area contributed by atoms with Gasteiger partial charge >= 0.3 is 0 Å². The van der Waals surface area contributed by atoms with Crippen molar-refractivity contribution in [3.8, 4) is 0 Å². The average Bonchev–Trinajstić information content (AvgIpc) is 3.26. The molecule has 0 radical (unpaired) electrons. The lowest BCUT2D eigenvalue weighted by atomic mass is 10.1. The molecule has 2 N–H and O–H groups in total. The number of nitrogens with one attached hydrogen (secondary N) is 2. The second-order valence-corrected chi connectivity index (χ2v) is 5.22. The van der Waals surface area contributed by atoms with E-state index in [1.807, 2.05) is 0 Å². The normalized spacial score (nSPS) is 24.9. The maximum atomic E-state index is 13.6. The zero-order chi connectivity index (χ0) is 13.4. The first-order chi connectivity index (χ1) is 9.19. The lowest BCUT2D eigenvalue weighted by Gasteiger charge is -2.11. The third-order valence-corrected chi connectivity index (χ3v) is 3.62. The molecule has 2 saturated carbocycles. The van der Waals surface area contributed by atoms with E-state index in [2.05, 4.69) is 15.6 Å². The van der Waals surface area contributed by atoms with Gasteiger partial charge in [-0.2, -0.15) is 0 Å². The summed E-state index contributed by atoms with van der Waals surface area (Å²) in [6.07, 6.45) is 3.07. The van der Waals surface area contributed by atoms with Gasteiger partial charge in [0, 0.05) is 30.6 Å². The lowest BCUT2D eigenvalue weighted by molar-refractivity contribution is 0.553. The highest BCUT2D eigenvalue weighted by Gasteiger charge is 2.42. The highest BCUT2D eigenvalue weighted by molar-refractivity contribution is 14.0. The van der Waals surface area contributed by atoms with E-state index in [0.717, 1.165) is 25.2 Å². The molecule has 0 amide bonds. The van der Waals surface area contributed by atoms with Crippen LogP contribution in [-0.4, -0.2) is 25.1 Å². The Morgan fingerprint density at radius 2 is 1.85 bits per heavy atom. The Labute approximate surface area is 134 Å². The Morgan fingerprint density at radius 1 is 1.20 bits per heavy atom. The first kappa shape index (κ1) is 15.5. The molecule has 1 aromatic rings. The summed E-state index contributed by atoms with van der Waals surface area (Å²) in [6.45, 7) is 0. The summed E-state index contributed by atoms with van der Waals surface area (Å²) in [5, 5.41) is 6.49. The molecule has 2 aliphatic carbocycles. The maximum Gasteiger partial charge on any atom is 0.191 e. The Hall–Kier alpha value is -0.920. The molecule has 0 heterocycles. The Morgan fingerprint density at radius 3 is 2.40 bits per heavy atom. The molecule has 6 heteroatoms. The van der Waals surface area contributed by atoms with E-state index in [9.17, 15) is 8.78 Å². The molecule has 110 valence electrons. The minimum Gasteiger partial charge on any atom is -0.354 e. The predicted molar refractivity (Wildman–Crippen MR) is 85.6 cm³/mol. The smallest absolute Gasteiger partial charge is 0.191 e. The van der Waals surface area contributed by atoms with Crippen molar-refractivity contribution >= 4 is 29.9 Å². The van der Waals surface area contributed by atoms with Crippen LogP contribution < -0.4 is 10.6 Å². The number of nitrogens with zero attached hydrogens (tertiary/aromatic N) is 1. The van der Waals surface area contributed by atoms with Gasteiger partial charge in [-0.3, -0.25) is 4.99 Å². The zero-order valence-corrected chi connectivity index (χ0v) is 13.5. The first-order valence-electron chi connectivity index (χ1n) is 6.63. The fraction of sp³-hybridized carbons (Fsp3) is 0.500. The summed E-state index contributed by atoms with van der Waals surface area (Å²) >= 11 is 0. The number of benzene rings is 1. The van der Waals surface area contributed by atoms with Gasteiger partial charge in [-0.15, -0.1) is 24.0 Å². The van der Waals surface area contributed by atoms with Gasteiger partial charge < -0.3 is 10.6 Å². The summed E-state index contributed by atoms with van der Waals surface area (Å²) in [5.41, 5.74) is 0.196. The van der Waals surface area contributed by atoms with E-state index < -0.39 is 11.6 Å². The van der Waals surface area contributed by atoms with Crippen LogP contribution in [0, 0.1) is 11.6 Å². The fourth-order valence-electron chi connectivity index (χ4n) is 2.31. The molecule has 3 rings (SSSR count). The molecular weight excluding hydrogens is 375 g/mol. The molecule has 0 spiro atoms. The molecule has 0 aromatic heterocycles. The van der Waals surface area contributed by atoms with Gasteiger partial charge in [-0.1, -0.05) is 6.07 Å². The van der Waals surface area contributed by atoms with Gasteiger partial charge in [-0.05, 0) is 31.4 Å². The van der Waals surface area contributed by atoms with Crippen LogP contribution in [0.5, 0.6) is 0 Å². The van der Waals surface area contributed by atoms with Crippen molar-refractivity contribution in [3.05, 3.63) is 35.4 Å². The van der Waals surface area contributed by atoms with Crippen LogP contribution in [0.3, 0.4) is 0 Å². The van der Waals surface area contributed by atoms with Crippen LogP contribution in [0.15, 0.2) is 23.2 Å². The van der Waals surface area contributed by atoms with Gasteiger partial charge in [-0.25, -0.2) is 8.78 Å².